The fraction of sp³-hybridized carbons (Fsp3) is 0.524. The van der Waals surface area contributed by atoms with Crippen molar-refractivity contribution in [3.8, 4) is 11.8 Å². The molecule has 28 heavy (non-hydrogen) atoms. The van der Waals surface area contributed by atoms with E-state index in [4.69, 9.17) is 14.5 Å². The van der Waals surface area contributed by atoms with Crippen LogP contribution in [0.25, 0.3) is 0 Å². The Balaban J connectivity index is 1.61. The molecule has 7 nitrogen and oxygen atoms in total. The molecule has 2 aliphatic heterocycles. The molecule has 1 N–H and O–H groups in total. The minimum absolute atomic E-state index is 0.395. The third kappa shape index (κ3) is 3.64. The van der Waals surface area contributed by atoms with E-state index in [1.165, 1.54) is 16.7 Å². The van der Waals surface area contributed by atoms with Crippen LogP contribution >= 0.6 is 0 Å². The van der Waals surface area contributed by atoms with Crippen LogP contribution in [0.15, 0.2) is 18.2 Å². The highest BCUT2D eigenvalue weighted by Gasteiger charge is 2.30. The minimum Gasteiger partial charge on any atom is -0.497 e. The third-order valence-electron chi connectivity index (χ3n) is 5.71. The average Bonchev–Trinajstić information content (AvgIpc) is 3.11. The number of nitrogens with zero attached hydrogens (tertiary/aromatic N) is 4. The number of anilines is 1. The average molecular weight is 383 g/mol. The fourth-order valence-electron chi connectivity index (χ4n) is 4.06. The van der Waals surface area contributed by atoms with E-state index in [-0.39, 0.29) is 0 Å². The van der Waals surface area contributed by atoms with Crippen molar-refractivity contribution in [2.24, 2.45) is 0 Å². The maximum Gasteiger partial charge on any atom is 0.318 e. The minimum atomic E-state index is 0.395. The number of ether oxygens (including phenoxy) is 2. The molecule has 0 amide bonds. The molecule has 1 saturated heterocycles. The predicted molar refractivity (Wildman–Crippen MR) is 109 cm³/mol. The highest BCUT2D eigenvalue weighted by Crippen LogP contribution is 2.33. The normalized spacial score (nSPS) is 19.6. The standard InChI is InChI=1S/C21H29N5O2/c1-14-5-6-17(27-3)9-16(14)11-25-12-18-19(13-25)23-21(28-4)24-20(18)26-8-7-22-10-15(26)2/h5-6,9,15,22H,7-8,10-13H2,1-4H3. The number of hydrogen-bond acceptors (Lipinski definition) is 7. The zero-order chi connectivity index (χ0) is 19.7. The smallest absolute Gasteiger partial charge is 0.318 e. The van der Waals surface area contributed by atoms with Crippen molar-refractivity contribution < 1.29 is 9.47 Å². The lowest BCUT2D eigenvalue weighted by molar-refractivity contribution is 0.272. The molecule has 7 heteroatoms. The monoisotopic (exact) mass is 383 g/mol. The van der Waals surface area contributed by atoms with E-state index in [0.29, 0.717) is 12.1 Å². The van der Waals surface area contributed by atoms with Gasteiger partial charge >= 0.3 is 6.01 Å². The van der Waals surface area contributed by atoms with Crippen LogP contribution in [0.1, 0.15) is 29.3 Å². The molecular formula is C21H29N5O2. The Hall–Kier alpha value is -2.38. The summed E-state index contributed by atoms with van der Waals surface area (Å²) in [5, 5.41) is 3.45. The summed E-state index contributed by atoms with van der Waals surface area (Å²) in [6.07, 6.45) is 0. The van der Waals surface area contributed by atoms with Gasteiger partial charge in [0.05, 0.1) is 19.9 Å². The van der Waals surface area contributed by atoms with Crippen molar-refractivity contribution in [3.05, 3.63) is 40.6 Å². The Morgan fingerprint density at radius 3 is 2.79 bits per heavy atom. The molecular weight excluding hydrogens is 354 g/mol. The van der Waals surface area contributed by atoms with Crippen molar-refractivity contribution in [1.82, 2.24) is 20.2 Å². The number of rotatable bonds is 5. The van der Waals surface area contributed by atoms with E-state index in [9.17, 15) is 0 Å². The van der Waals surface area contributed by atoms with Gasteiger partial charge in [-0.25, -0.2) is 0 Å². The summed E-state index contributed by atoms with van der Waals surface area (Å²) < 4.78 is 10.8. The second-order valence-corrected chi connectivity index (χ2v) is 7.64. The van der Waals surface area contributed by atoms with Crippen LogP contribution in [0.4, 0.5) is 5.82 Å². The second-order valence-electron chi connectivity index (χ2n) is 7.64. The van der Waals surface area contributed by atoms with Gasteiger partial charge in [-0.2, -0.15) is 9.97 Å². The number of fused-ring (bicyclic) bond motifs is 1. The zero-order valence-corrected chi connectivity index (χ0v) is 17.2. The molecule has 0 aliphatic carbocycles. The summed E-state index contributed by atoms with van der Waals surface area (Å²) in [5.41, 5.74) is 4.86. The number of aromatic nitrogens is 2. The molecule has 0 radical (unpaired) electrons. The topological polar surface area (TPSA) is 62.8 Å². The highest BCUT2D eigenvalue weighted by molar-refractivity contribution is 5.53. The van der Waals surface area contributed by atoms with Crippen molar-refractivity contribution in [2.45, 2.75) is 39.5 Å². The van der Waals surface area contributed by atoms with Crippen molar-refractivity contribution in [3.63, 3.8) is 0 Å². The maximum absolute atomic E-state index is 5.41. The summed E-state index contributed by atoms with van der Waals surface area (Å²) in [6.45, 7) is 9.78. The van der Waals surface area contributed by atoms with Crippen LogP contribution in [-0.2, 0) is 19.6 Å². The van der Waals surface area contributed by atoms with Gasteiger partial charge < -0.3 is 19.7 Å². The number of piperazine rings is 1. The molecule has 0 spiro atoms. The molecule has 4 rings (SSSR count). The molecule has 2 aromatic rings. The molecule has 3 heterocycles. The largest absolute Gasteiger partial charge is 0.497 e. The Kier molecular flexibility index (Phi) is 5.37. The first-order valence-electron chi connectivity index (χ1n) is 9.86. The van der Waals surface area contributed by atoms with E-state index < -0.39 is 0 Å². The molecule has 1 aromatic carbocycles. The van der Waals surface area contributed by atoms with Crippen LogP contribution in [0.2, 0.25) is 0 Å². The van der Waals surface area contributed by atoms with Crippen LogP contribution in [-0.4, -0.2) is 54.8 Å². The van der Waals surface area contributed by atoms with Gasteiger partial charge in [0, 0.05) is 50.9 Å². The highest BCUT2D eigenvalue weighted by atomic mass is 16.5. The first-order chi connectivity index (χ1) is 13.6. The number of benzene rings is 1. The summed E-state index contributed by atoms with van der Waals surface area (Å²) in [6, 6.07) is 7.11. The fourth-order valence-corrected chi connectivity index (χ4v) is 4.06. The van der Waals surface area contributed by atoms with Gasteiger partial charge in [-0.1, -0.05) is 6.07 Å². The quantitative estimate of drug-likeness (QED) is 0.848. The van der Waals surface area contributed by atoms with E-state index >= 15 is 0 Å². The Bertz CT molecular complexity index is 857. The predicted octanol–water partition coefficient (Wildman–Crippen LogP) is 2.12. The van der Waals surface area contributed by atoms with Gasteiger partial charge in [0.1, 0.15) is 11.6 Å². The van der Waals surface area contributed by atoms with Gasteiger partial charge in [0.15, 0.2) is 0 Å². The zero-order valence-electron chi connectivity index (χ0n) is 17.2. The Morgan fingerprint density at radius 2 is 2.04 bits per heavy atom. The molecule has 1 unspecified atom stereocenters. The van der Waals surface area contributed by atoms with E-state index in [1.54, 1.807) is 14.2 Å². The third-order valence-corrected chi connectivity index (χ3v) is 5.71. The van der Waals surface area contributed by atoms with Crippen LogP contribution in [0, 0.1) is 6.92 Å². The number of methoxy groups -OCH3 is 2. The lowest BCUT2D eigenvalue weighted by Gasteiger charge is -2.36. The van der Waals surface area contributed by atoms with E-state index in [0.717, 1.165) is 56.5 Å². The van der Waals surface area contributed by atoms with Crippen LogP contribution in [0.3, 0.4) is 0 Å². The number of hydrogen-bond donors (Lipinski definition) is 1. The first kappa shape index (κ1) is 19.0. The van der Waals surface area contributed by atoms with Crippen molar-refractivity contribution in [2.75, 3.05) is 38.8 Å². The molecule has 1 aromatic heterocycles. The Labute approximate surface area is 166 Å². The molecule has 0 bridgehead atoms. The summed E-state index contributed by atoms with van der Waals surface area (Å²) in [5.74, 6) is 1.93. The molecule has 1 fully saturated rings. The number of nitrogens with one attached hydrogen (secondary N) is 1. The van der Waals surface area contributed by atoms with Crippen LogP contribution in [0.5, 0.6) is 11.8 Å². The summed E-state index contributed by atoms with van der Waals surface area (Å²) in [7, 11) is 3.35. The molecule has 2 aliphatic rings. The maximum atomic E-state index is 5.41. The van der Waals surface area contributed by atoms with E-state index in [1.807, 2.05) is 6.07 Å². The number of aryl methyl sites for hydroxylation is 1. The van der Waals surface area contributed by atoms with Crippen molar-refractivity contribution in [1.29, 1.82) is 0 Å². The summed E-state index contributed by atoms with van der Waals surface area (Å²) >= 11 is 0. The second kappa shape index (κ2) is 7.93. The van der Waals surface area contributed by atoms with Crippen LogP contribution < -0.4 is 19.7 Å². The van der Waals surface area contributed by atoms with Gasteiger partial charge in [-0.05, 0) is 37.1 Å². The molecule has 1 atom stereocenters. The Morgan fingerprint density at radius 1 is 1.18 bits per heavy atom. The summed E-state index contributed by atoms with van der Waals surface area (Å²) in [4.78, 5) is 14.2. The van der Waals surface area contributed by atoms with Gasteiger partial charge in [-0.3, -0.25) is 4.90 Å². The SMILES string of the molecule is COc1ccc(C)c(CN2Cc3nc(OC)nc(N4CCNCC4C)c3C2)c1. The lowest BCUT2D eigenvalue weighted by atomic mass is 10.1. The molecule has 150 valence electrons. The lowest BCUT2D eigenvalue weighted by Crippen LogP contribution is -2.50. The van der Waals surface area contributed by atoms with E-state index in [2.05, 4.69) is 46.1 Å². The first-order valence-corrected chi connectivity index (χ1v) is 9.86. The molecule has 0 saturated carbocycles. The van der Waals surface area contributed by atoms with Gasteiger partial charge in [0.2, 0.25) is 0 Å². The van der Waals surface area contributed by atoms with Crippen molar-refractivity contribution >= 4 is 5.82 Å². The van der Waals surface area contributed by atoms with Gasteiger partial charge in [-0.15, -0.1) is 0 Å². The van der Waals surface area contributed by atoms with Gasteiger partial charge in [0.25, 0.3) is 0 Å².